The molecule has 1 aliphatic heterocycles. The molecule has 112 valence electrons. The number of rotatable bonds is 5. The summed E-state index contributed by atoms with van der Waals surface area (Å²) in [6.45, 7) is 8.73. The van der Waals surface area contributed by atoms with Gasteiger partial charge in [-0.15, -0.1) is 0 Å². The molecule has 5 nitrogen and oxygen atoms in total. The van der Waals surface area contributed by atoms with Crippen LogP contribution in [-0.2, 0) is 11.3 Å². The molecular formula is C15H26N4O. The van der Waals surface area contributed by atoms with Crippen LogP contribution in [0.1, 0.15) is 37.6 Å². The average Bonchev–Trinajstić information content (AvgIpc) is 2.73. The van der Waals surface area contributed by atoms with Crippen LogP contribution < -0.4 is 10.6 Å². The van der Waals surface area contributed by atoms with Crippen molar-refractivity contribution >= 4 is 5.91 Å². The van der Waals surface area contributed by atoms with E-state index in [2.05, 4.69) is 35.6 Å². The molecule has 1 aromatic rings. The number of carbonyl (C=O) groups is 1. The van der Waals surface area contributed by atoms with Crippen LogP contribution in [0.5, 0.6) is 0 Å². The number of aromatic nitrogens is 2. The van der Waals surface area contributed by atoms with Crippen molar-refractivity contribution in [3.63, 3.8) is 0 Å². The Bertz CT molecular complexity index is 455. The third kappa shape index (κ3) is 3.82. The minimum atomic E-state index is -0.0163. The highest BCUT2D eigenvalue weighted by atomic mass is 16.2. The Labute approximate surface area is 121 Å². The van der Waals surface area contributed by atoms with Crippen LogP contribution in [0.15, 0.2) is 6.07 Å². The van der Waals surface area contributed by atoms with E-state index in [1.807, 2.05) is 11.6 Å². The van der Waals surface area contributed by atoms with E-state index in [-0.39, 0.29) is 11.9 Å². The van der Waals surface area contributed by atoms with Gasteiger partial charge in [-0.25, -0.2) is 0 Å². The maximum atomic E-state index is 12.1. The lowest BCUT2D eigenvalue weighted by Gasteiger charge is -2.28. The maximum absolute atomic E-state index is 12.1. The highest BCUT2D eigenvalue weighted by Gasteiger charge is 2.26. The molecule has 1 aromatic heterocycles. The Balaban J connectivity index is 1.70. The molecule has 2 N–H and O–H groups in total. The minimum Gasteiger partial charge on any atom is -0.355 e. The van der Waals surface area contributed by atoms with Gasteiger partial charge in [0, 0.05) is 18.8 Å². The van der Waals surface area contributed by atoms with Crippen molar-refractivity contribution < 1.29 is 4.79 Å². The molecule has 20 heavy (non-hydrogen) atoms. The van der Waals surface area contributed by atoms with Crippen molar-refractivity contribution in [2.24, 2.45) is 5.92 Å². The van der Waals surface area contributed by atoms with E-state index in [0.29, 0.717) is 12.5 Å². The molecule has 2 atom stereocenters. The fourth-order valence-corrected chi connectivity index (χ4v) is 2.85. The van der Waals surface area contributed by atoms with Crippen molar-refractivity contribution in [3.05, 3.63) is 17.5 Å². The van der Waals surface area contributed by atoms with E-state index < -0.39 is 0 Å². The number of nitrogens with zero attached hydrogens (tertiary/aromatic N) is 2. The SMILES string of the molecule is Cc1cc(C)n(CCCNC(=O)C2NCCCC2C)n1. The summed E-state index contributed by atoms with van der Waals surface area (Å²) < 4.78 is 2.00. The summed E-state index contributed by atoms with van der Waals surface area (Å²) in [5.41, 5.74) is 2.23. The number of hydrogen-bond acceptors (Lipinski definition) is 3. The van der Waals surface area contributed by atoms with E-state index in [1.54, 1.807) is 0 Å². The van der Waals surface area contributed by atoms with Gasteiger partial charge in [-0.05, 0) is 51.6 Å². The van der Waals surface area contributed by atoms with Crippen molar-refractivity contribution in [2.75, 3.05) is 13.1 Å². The first-order valence-electron chi connectivity index (χ1n) is 7.60. The average molecular weight is 278 g/mol. The molecule has 1 fully saturated rings. The molecule has 0 aliphatic carbocycles. The Morgan fingerprint density at radius 2 is 2.35 bits per heavy atom. The second-order valence-electron chi connectivity index (χ2n) is 5.85. The van der Waals surface area contributed by atoms with E-state index in [4.69, 9.17) is 0 Å². The second-order valence-corrected chi connectivity index (χ2v) is 5.85. The number of carbonyl (C=O) groups excluding carboxylic acids is 1. The normalized spacial score (nSPS) is 22.8. The van der Waals surface area contributed by atoms with Crippen molar-refractivity contribution in [1.82, 2.24) is 20.4 Å². The van der Waals surface area contributed by atoms with E-state index in [1.165, 1.54) is 12.1 Å². The Kier molecular flexibility index (Phi) is 5.17. The number of hydrogen-bond donors (Lipinski definition) is 2. The first-order chi connectivity index (χ1) is 9.58. The van der Waals surface area contributed by atoms with Crippen LogP contribution in [0.3, 0.4) is 0 Å². The zero-order valence-corrected chi connectivity index (χ0v) is 12.8. The fourth-order valence-electron chi connectivity index (χ4n) is 2.85. The number of aryl methyl sites for hydroxylation is 3. The topological polar surface area (TPSA) is 59.0 Å². The van der Waals surface area contributed by atoms with Gasteiger partial charge in [-0.2, -0.15) is 5.10 Å². The van der Waals surface area contributed by atoms with Gasteiger partial charge in [0.2, 0.25) is 5.91 Å². The fraction of sp³-hybridized carbons (Fsp3) is 0.733. The van der Waals surface area contributed by atoms with Crippen LogP contribution in [-0.4, -0.2) is 34.8 Å². The molecule has 2 unspecified atom stereocenters. The lowest BCUT2D eigenvalue weighted by atomic mass is 9.92. The lowest BCUT2D eigenvalue weighted by molar-refractivity contribution is -0.124. The molecule has 0 saturated carbocycles. The van der Waals surface area contributed by atoms with Crippen molar-refractivity contribution in [2.45, 2.75) is 52.6 Å². The van der Waals surface area contributed by atoms with Gasteiger partial charge in [0.25, 0.3) is 0 Å². The van der Waals surface area contributed by atoms with Crippen LogP contribution in [0.4, 0.5) is 0 Å². The third-order valence-electron chi connectivity index (χ3n) is 4.00. The quantitative estimate of drug-likeness (QED) is 0.800. The predicted molar refractivity (Wildman–Crippen MR) is 79.5 cm³/mol. The van der Waals surface area contributed by atoms with Crippen LogP contribution in [0.2, 0.25) is 0 Å². The molecular weight excluding hydrogens is 252 g/mol. The van der Waals surface area contributed by atoms with Crippen LogP contribution >= 0.6 is 0 Å². The maximum Gasteiger partial charge on any atom is 0.237 e. The smallest absolute Gasteiger partial charge is 0.237 e. The van der Waals surface area contributed by atoms with E-state index in [0.717, 1.165) is 31.6 Å². The summed E-state index contributed by atoms with van der Waals surface area (Å²) >= 11 is 0. The summed E-state index contributed by atoms with van der Waals surface area (Å²) in [7, 11) is 0. The van der Waals surface area contributed by atoms with Crippen molar-refractivity contribution in [3.8, 4) is 0 Å². The minimum absolute atomic E-state index is 0.0163. The highest BCUT2D eigenvalue weighted by Crippen LogP contribution is 2.15. The summed E-state index contributed by atoms with van der Waals surface area (Å²) in [5.74, 6) is 0.574. The number of nitrogens with one attached hydrogen (secondary N) is 2. The summed E-state index contributed by atoms with van der Waals surface area (Å²) in [5, 5.41) is 10.8. The largest absolute Gasteiger partial charge is 0.355 e. The molecule has 0 bridgehead atoms. The standard InChI is InChI=1S/C15H26N4O/c1-11-6-4-7-16-14(11)15(20)17-8-5-9-19-13(3)10-12(2)18-19/h10-11,14,16H,4-9H2,1-3H3,(H,17,20). The zero-order valence-electron chi connectivity index (χ0n) is 12.8. The van der Waals surface area contributed by atoms with E-state index in [9.17, 15) is 4.79 Å². The summed E-state index contributed by atoms with van der Waals surface area (Å²) in [6.07, 6.45) is 3.22. The van der Waals surface area contributed by atoms with Gasteiger partial charge < -0.3 is 10.6 Å². The summed E-state index contributed by atoms with van der Waals surface area (Å²) in [6, 6.07) is 2.06. The van der Waals surface area contributed by atoms with Gasteiger partial charge in [-0.1, -0.05) is 6.92 Å². The molecule has 1 saturated heterocycles. The number of amides is 1. The molecule has 2 heterocycles. The molecule has 0 radical (unpaired) electrons. The van der Waals surface area contributed by atoms with Gasteiger partial charge in [-0.3, -0.25) is 9.48 Å². The molecule has 1 aliphatic rings. The molecule has 0 spiro atoms. The number of piperidine rings is 1. The van der Waals surface area contributed by atoms with Crippen LogP contribution in [0.25, 0.3) is 0 Å². The first-order valence-corrected chi connectivity index (χ1v) is 7.60. The van der Waals surface area contributed by atoms with Gasteiger partial charge in [0.05, 0.1) is 11.7 Å². The van der Waals surface area contributed by atoms with Gasteiger partial charge >= 0.3 is 0 Å². The van der Waals surface area contributed by atoms with Gasteiger partial charge in [0.15, 0.2) is 0 Å². The zero-order chi connectivity index (χ0) is 14.5. The Hall–Kier alpha value is -1.36. The Morgan fingerprint density at radius 1 is 1.55 bits per heavy atom. The van der Waals surface area contributed by atoms with Gasteiger partial charge in [0.1, 0.15) is 0 Å². The second kappa shape index (κ2) is 6.88. The lowest BCUT2D eigenvalue weighted by Crippen LogP contribution is -2.51. The first kappa shape index (κ1) is 15.0. The van der Waals surface area contributed by atoms with Crippen LogP contribution in [0, 0.1) is 19.8 Å². The Morgan fingerprint density at radius 3 is 3.00 bits per heavy atom. The molecule has 2 rings (SSSR count). The summed E-state index contributed by atoms with van der Waals surface area (Å²) in [4.78, 5) is 12.1. The van der Waals surface area contributed by atoms with E-state index >= 15 is 0 Å². The molecule has 5 heteroatoms. The molecule has 0 aromatic carbocycles. The van der Waals surface area contributed by atoms with Crippen molar-refractivity contribution in [1.29, 1.82) is 0 Å². The molecule has 1 amide bonds. The third-order valence-corrected chi connectivity index (χ3v) is 4.00. The highest BCUT2D eigenvalue weighted by molar-refractivity contribution is 5.82. The monoisotopic (exact) mass is 278 g/mol. The predicted octanol–water partition coefficient (Wildman–Crippen LogP) is 1.39.